The van der Waals surface area contributed by atoms with Gasteiger partial charge in [-0.25, -0.2) is 0 Å². The Bertz CT molecular complexity index is 432. The Labute approximate surface area is 108 Å². The van der Waals surface area contributed by atoms with E-state index in [0.29, 0.717) is 0 Å². The van der Waals surface area contributed by atoms with E-state index in [1.807, 2.05) is 24.3 Å². The molecule has 1 unspecified atom stereocenters. The van der Waals surface area contributed by atoms with Gasteiger partial charge in [0.05, 0.1) is 12.2 Å². The second-order valence-corrected chi connectivity index (χ2v) is 4.48. The molecule has 0 heterocycles. The van der Waals surface area contributed by atoms with Crippen LogP contribution in [0.25, 0.3) is 0 Å². The summed E-state index contributed by atoms with van der Waals surface area (Å²) in [6, 6.07) is 10.1. The number of esters is 1. The molecule has 94 valence electrons. The number of hydrogen-bond acceptors (Lipinski definition) is 2. The highest BCUT2D eigenvalue weighted by Crippen LogP contribution is 2.19. The van der Waals surface area contributed by atoms with E-state index < -0.39 is 0 Å². The van der Waals surface area contributed by atoms with E-state index in [0.717, 1.165) is 25.7 Å². The molecule has 2 heteroatoms. The van der Waals surface area contributed by atoms with Crippen LogP contribution < -0.4 is 0 Å². The predicted molar refractivity (Wildman–Crippen MR) is 71.9 cm³/mol. The third-order valence-corrected chi connectivity index (χ3v) is 3.08. The zero-order valence-electron chi connectivity index (χ0n) is 10.4. The Morgan fingerprint density at radius 2 is 2.11 bits per heavy atom. The number of ether oxygens (including phenoxy) is 1. The van der Waals surface area contributed by atoms with E-state index in [1.165, 1.54) is 11.8 Å². The molecule has 0 aliphatic heterocycles. The lowest BCUT2D eigenvalue weighted by Crippen LogP contribution is -2.16. The van der Waals surface area contributed by atoms with Crippen LogP contribution in [0.1, 0.15) is 24.8 Å². The lowest BCUT2D eigenvalue weighted by atomic mass is 9.95. The van der Waals surface area contributed by atoms with Crippen molar-refractivity contribution in [3.8, 4) is 0 Å². The first-order chi connectivity index (χ1) is 8.86. The van der Waals surface area contributed by atoms with Crippen LogP contribution in [-0.2, 0) is 16.0 Å². The van der Waals surface area contributed by atoms with E-state index in [9.17, 15) is 4.79 Å². The average Bonchev–Trinajstić information content (AvgIpc) is 2.45. The molecule has 2 nitrogen and oxygen atoms in total. The van der Waals surface area contributed by atoms with Crippen molar-refractivity contribution in [2.75, 3.05) is 0 Å². The summed E-state index contributed by atoms with van der Waals surface area (Å²) in [6.07, 6.45) is 11.1. The molecule has 1 aliphatic carbocycles. The van der Waals surface area contributed by atoms with Gasteiger partial charge in [-0.1, -0.05) is 42.5 Å². The van der Waals surface area contributed by atoms with Crippen molar-refractivity contribution in [2.24, 2.45) is 5.92 Å². The summed E-state index contributed by atoms with van der Waals surface area (Å²) in [6.45, 7) is 0. The van der Waals surface area contributed by atoms with Crippen LogP contribution in [0.3, 0.4) is 0 Å². The normalized spacial score (nSPS) is 19.0. The maximum atomic E-state index is 11.7. The van der Waals surface area contributed by atoms with Gasteiger partial charge in [0.25, 0.3) is 0 Å². The molecule has 0 saturated heterocycles. The van der Waals surface area contributed by atoms with Gasteiger partial charge in [-0.2, -0.15) is 0 Å². The fourth-order valence-corrected chi connectivity index (χ4v) is 2.02. The van der Waals surface area contributed by atoms with Crippen LogP contribution >= 0.6 is 0 Å². The maximum Gasteiger partial charge on any atom is 0.314 e. The van der Waals surface area contributed by atoms with Crippen molar-refractivity contribution in [3.63, 3.8) is 0 Å². The van der Waals surface area contributed by atoms with Gasteiger partial charge in [0.2, 0.25) is 0 Å². The Morgan fingerprint density at radius 3 is 2.83 bits per heavy atom. The van der Waals surface area contributed by atoms with Crippen LogP contribution in [0.5, 0.6) is 0 Å². The lowest BCUT2D eigenvalue weighted by molar-refractivity contribution is -0.142. The average molecular weight is 242 g/mol. The van der Waals surface area contributed by atoms with Crippen LogP contribution in [0.15, 0.2) is 54.8 Å². The van der Waals surface area contributed by atoms with Crippen molar-refractivity contribution in [1.29, 1.82) is 0 Å². The number of benzene rings is 1. The molecule has 1 atom stereocenters. The topological polar surface area (TPSA) is 26.3 Å². The van der Waals surface area contributed by atoms with Gasteiger partial charge >= 0.3 is 5.97 Å². The molecule has 0 N–H and O–H groups in total. The molecule has 0 radical (unpaired) electrons. The summed E-state index contributed by atoms with van der Waals surface area (Å²) in [5, 5.41) is 0. The Hall–Kier alpha value is -1.83. The van der Waals surface area contributed by atoms with Gasteiger partial charge in [-0.05, 0) is 37.3 Å². The molecule has 0 bridgehead atoms. The van der Waals surface area contributed by atoms with E-state index in [-0.39, 0.29) is 11.9 Å². The van der Waals surface area contributed by atoms with Crippen molar-refractivity contribution in [1.82, 2.24) is 0 Å². The fraction of sp³-hybridized carbons (Fsp3) is 0.312. The largest absolute Gasteiger partial charge is 0.435 e. The zero-order valence-corrected chi connectivity index (χ0v) is 10.4. The lowest BCUT2D eigenvalue weighted by Gasteiger charge is -2.14. The highest BCUT2D eigenvalue weighted by atomic mass is 16.5. The first-order valence-electron chi connectivity index (χ1n) is 6.40. The second kappa shape index (κ2) is 6.80. The molecular formula is C16H18O2. The molecule has 0 spiro atoms. The first kappa shape index (κ1) is 12.6. The molecular weight excluding hydrogens is 224 g/mol. The number of carbonyl (C=O) groups is 1. The van der Waals surface area contributed by atoms with Crippen molar-refractivity contribution in [2.45, 2.75) is 25.7 Å². The van der Waals surface area contributed by atoms with Crippen LogP contribution in [0.2, 0.25) is 0 Å². The minimum absolute atomic E-state index is 0.0383. The molecule has 0 fully saturated rings. The zero-order chi connectivity index (χ0) is 12.6. The minimum atomic E-state index is -0.108. The first-order valence-corrected chi connectivity index (χ1v) is 6.40. The van der Waals surface area contributed by atoms with E-state index >= 15 is 0 Å². The van der Waals surface area contributed by atoms with E-state index in [4.69, 9.17) is 4.74 Å². The van der Waals surface area contributed by atoms with Gasteiger partial charge < -0.3 is 4.74 Å². The third-order valence-electron chi connectivity index (χ3n) is 3.08. The van der Waals surface area contributed by atoms with Crippen LogP contribution in [0, 0.1) is 5.92 Å². The molecule has 1 aromatic rings. The number of carbonyl (C=O) groups excluding carboxylic acids is 1. The highest BCUT2D eigenvalue weighted by Gasteiger charge is 2.19. The van der Waals surface area contributed by atoms with Gasteiger partial charge in [0.15, 0.2) is 0 Å². The van der Waals surface area contributed by atoms with Gasteiger partial charge in [-0.3, -0.25) is 4.79 Å². The molecule has 0 amide bonds. The van der Waals surface area contributed by atoms with Gasteiger partial charge in [-0.15, -0.1) is 0 Å². The van der Waals surface area contributed by atoms with Gasteiger partial charge in [0, 0.05) is 0 Å². The fourth-order valence-electron chi connectivity index (χ4n) is 2.02. The number of rotatable bonds is 4. The molecule has 1 aromatic carbocycles. The summed E-state index contributed by atoms with van der Waals surface area (Å²) >= 11 is 0. The monoisotopic (exact) mass is 242 g/mol. The molecule has 2 rings (SSSR count). The molecule has 0 aromatic heterocycles. The summed E-state index contributed by atoms with van der Waals surface area (Å²) in [5.41, 5.74) is 1.21. The SMILES string of the molecule is O=C(OC=CCc1ccccc1)C1CC=CCC1. The molecule has 0 saturated carbocycles. The van der Waals surface area contributed by atoms with E-state index in [1.54, 1.807) is 0 Å². The number of allylic oxidation sites excluding steroid dienone is 3. The highest BCUT2D eigenvalue weighted by molar-refractivity contribution is 5.73. The van der Waals surface area contributed by atoms with Crippen molar-refractivity contribution in [3.05, 3.63) is 60.4 Å². The summed E-state index contributed by atoms with van der Waals surface area (Å²) in [4.78, 5) is 11.7. The predicted octanol–water partition coefficient (Wildman–Crippen LogP) is 3.64. The summed E-state index contributed by atoms with van der Waals surface area (Å²) < 4.78 is 5.15. The Balaban J connectivity index is 1.74. The molecule has 18 heavy (non-hydrogen) atoms. The maximum absolute atomic E-state index is 11.7. The van der Waals surface area contributed by atoms with E-state index in [2.05, 4.69) is 24.3 Å². The summed E-state index contributed by atoms with van der Waals surface area (Å²) in [5.74, 6) is -0.0694. The quantitative estimate of drug-likeness (QED) is 0.458. The smallest absolute Gasteiger partial charge is 0.314 e. The standard InChI is InChI=1S/C16H18O2/c17-16(15-11-5-2-6-12-15)18-13-7-10-14-8-3-1-4-9-14/h1-5,7-9,13,15H,6,10-12H2. The minimum Gasteiger partial charge on any atom is -0.435 e. The third kappa shape index (κ3) is 3.88. The van der Waals surface area contributed by atoms with Crippen molar-refractivity contribution < 1.29 is 9.53 Å². The van der Waals surface area contributed by atoms with Gasteiger partial charge in [0.1, 0.15) is 0 Å². The number of hydrogen-bond donors (Lipinski definition) is 0. The van der Waals surface area contributed by atoms with Crippen LogP contribution in [-0.4, -0.2) is 5.97 Å². The summed E-state index contributed by atoms with van der Waals surface area (Å²) in [7, 11) is 0. The van der Waals surface area contributed by atoms with Crippen molar-refractivity contribution >= 4 is 5.97 Å². The Kier molecular flexibility index (Phi) is 4.77. The van der Waals surface area contributed by atoms with Crippen LogP contribution in [0.4, 0.5) is 0 Å². The molecule has 1 aliphatic rings. The second-order valence-electron chi connectivity index (χ2n) is 4.48. The Morgan fingerprint density at radius 1 is 1.28 bits per heavy atom.